The van der Waals surface area contributed by atoms with E-state index in [-0.39, 0.29) is 5.97 Å². The van der Waals surface area contributed by atoms with Crippen molar-refractivity contribution in [2.45, 2.75) is 26.2 Å². The number of hydrogen-bond acceptors (Lipinski definition) is 3. The van der Waals surface area contributed by atoms with Crippen molar-refractivity contribution in [2.24, 2.45) is 0 Å². The highest BCUT2D eigenvalue weighted by atomic mass is 79.9. The lowest BCUT2D eigenvalue weighted by Gasteiger charge is -2.12. The number of esters is 1. The summed E-state index contributed by atoms with van der Waals surface area (Å²) in [5.74, 6) is 1.45. The summed E-state index contributed by atoms with van der Waals surface area (Å²) in [5, 5.41) is 0. The molecular formula is C18H19BrO3. The Morgan fingerprint density at radius 2 is 1.86 bits per heavy atom. The van der Waals surface area contributed by atoms with Gasteiger partial charge in [-0.05, 0) is 42.7 Å². The van der Waals surface area contributed by atoms with Crippen LogP contribution in [0, 0.1) is 0 Å². The van der Waals surface area contributed by atoms with Gasteiger partial charge in [-0.25, -0.2) is 0 Å². The SMILES string of the molecule is CCc1c(Br)cccc1Oc1ccc(CCC(=O)OC)cc1. The fourth-order valence-electron chi connectivity index (χ4n) is 2.18. The molecule has 0 fully saturated rings. The van der Waals surface area contributed by atoms with Crippen LogP contribution in [0.5, 0.6) is 11.5 Å². The normalized spacial score (nSPS) is 10.3. The van der Waals surface area contributed by atoms with Crippen LogP contribution in [0.15, 0.2) is 46.9 Å². The number of aryl methyl sites for hydroxylation is 1. The number of carbonyl (C=O) groups is 1. The van der Waals surface area contributed by atoms with E-state index in [1.807, 2.05) is 42.5 Å². The van der Waals surface area contributed by atoms with Crippen LogP contribution in [0.3, 0.4) is 0 Å². The molecule has 0 amide bonds. The third-order valence-electron chi connectivity index (χ3n) is 3.43. The van der Waals surface area contributed by atoms with E-state index < -0.39 is 0 Å². The van der Waals surface area contributed by atoms with Crippen molar-refractivity contribution in [2.75, 3.05) is 7.11 Å². The maximum absolute atomic E-state index is 11.1. The van der Waals surface area contributed by atoms with Crippen LogP contribution in [0.4, 0.5) is 0 Å². The molecule has 0 atom stereocenters. The van der Waals surface area contributed by atoms with E-state index in [0.717, 1.165) is 33.5 Å². The molecule has 0 unspecified atom stereocenters. The molecule has 0 bridgehead atoms. The van der Waals surface area contributed by atoms with Crippen molar-refractivity contribution in [1.29, 1.82) is 0 Å². The molecule has 22 heavy (non-hydrogen) atoms. The van der Waals surface area contributed by atoms with Crippen LogP contribution in [0.2, 0.25) is 0 Å². The Labute approximate surface area is 139 Å². The molecule has 2 aromatic carbocycles. The standard InChI is InChI=1S/C18H19BrO3/c1-3-15-16(19)5-4-6-17(15)22-14-10-7-13(8-11-14)9-12-18(20)21-2/h4-8,10-11H,3,9,12H2,1-2H3. The second-order valence-corrected chi connectivity index (χ2v) is 5.75. The summed E-state index contributed by atoms with van der Waals surface area (Å²) in [4.78, 5) is 11.1. The van der Waals surface area contributed by atoms with Gasteiger partial charge in [-0.3, -0.25) is 4.79 Å². The van der Waals surface area contributed by atoms with Crippen LogP contribution < -0.4 is 4.74 Å². The molecule has 2 aromatic rings. The summed E-state index contributed by atoms with van der Waals surface area (Å²) in [7, 11) is 1.41. The van der Waals surface area contributed by atoms with Gasteiger partial charge in [0.1, 0.15) is 11.5 Å². The van der Waals surface area contributed by atoms with Gasteiger partial charge in [-0.2, -0.15) is 0 Å². The van der Waals surface area contributed by atoms with Crippen molar-refractivity contribution < 1.29 is 14.3 Å². The molecule has 0 aliphatic carbocycles. The molecule has 0 N–H and O–H groups in total. The predicted octanol–water partition coefficient (Wildman–Crippen LogP) is 4.91. The number of carbonyl (C=O) groups excluding carboxylic acids is 1. The Kier molecular flexibility index (Phi) is 6.01. The van der Waals surface area contributed by atoms with Gasteiger partial charge in [-0.1, -0.05) is 41.1 Å². The van der Waals surface area contributed by atoms with E-state index in [0.29, 0.717) is 12.8 Å². The van der Waals surface area contributed by atoms with Gasteiger partial charge in [0.2, 0.25) is 0 Å². The van der Waals surface area contributed by atoms with Crippen LogP contribution >= 0.6 is 15.9 Å². The zero-order valence-corrected chi connectivity index (χ0v) is 14.4. The second-order valence-electron chi connectivity index (χ2n) is 4.89. The molecule has 116 valence electrons. The second kappa shape index (κ2) is 7.99. The minimum absolute atomic E-state index is 0.193. The first kappa shape index (κ1) is 16.6. The van der Waals surface area contributed by atoms with E-state index in [1.54, 1.807) is 0 Å². The van der Waals surface area contributed by atoms with E-state index in [2.05, 4.69) is 27.6 Å². The first-order chi connectivity index (χ1) is 10.6. The van der Waals surface area contributed by atoms with Gasteiger partial charge in [0, 0.05) is 16.5 Å². The molecule has 4 heteroatoms. The van der Waals surface area contributed by atoms with Gasteiger partial charge in [-0.15, -0.1) is 0 Å². The highest BCUT2D eigenvalue weighted by molar-refractivity contribution is 9.10. The number of rotatable bonds is 6. The topological polar surface area (TPSA) is 35.5 Å². The van der Waals surface area contributed by atoms with Gasteiger partial charge in [0.25, 0.3) is 0 Å². The van der Waals surface area contributed by atoms with Gasteiger partial charge in [0.15, 0.2) is 0 Å². The van der Waals surface area contributed by atoms with Crippen molar-refractivity contribution in [1.82, 2.24) is 0 Å². The molecule has 0 aliphatic heterocycles. The Balaban J connectivity index is 2.05. The largest absolute Gasteiger partial charge is 0.469 e. The van der Waals surface area contributed by atoms with Crippen LogP contribution in [0.1, 0.15) is 24.5 Å². The Hall–Kier alpha value is -1.81. The minimum Gasteiger partial charge on any atom is -0.469 e. The lowest BCUT2D eigenvalue weighted by atomic mass is 10.1. The van der Waals surface area contributed by atoms with Crippen LogP contribution in [-0.2, 0) is 22.4 Å². The van der Waals surface area contributed by atoms with E-state index in [1.165, 1.54) is 7.11 Å². The molecule has 3 nitrogen and oxygen atoms in total. The summed E-state index contributed by atoms with van der Waals surface area (Å²) in [6, 6.07) is 13.7. The van der Waals surface area contributed by atoms with Gasteiger partial charge in [0.05, 0.1) is 7.11 Å². The number of hydrogen-bond donors (Lipinski definition) is 0. The maximum Gasteiger partial charge on any atom is 0.305 e. The Morgan fingerprint density at radius 3 is 2.50 bits per heavy atom. The molecule has 0 saturated heterocycles. The lowest BCUT2D eigenvalue weighted by Crippen LogP contribution is -2.01. The Bertz CT molecular complexity index is 635. The van der Waals surface area contributed by atoms with E-state index in [9.17, 15) is 4.79 Å². The summed E-state index contributed by atoms with van der Waals surface area (Å²) >= 11 is 3.55. The third kappa shape index (κ3) is 4.34. The number of benzene rings is 2. The minimum atomic E-state index is -0.193. The molecular weight excluding hydrogens is 344 g/mol. The van der Waals surface area contributed by atoms with E-state index >= 15 is 0 Å². The fraction of sp³-hybridized carbons (Fsp3) is 0.278. The predicted molar refractivity (Wildman–Crippen MR) is 90.4 cm³/mol. The molecule has 2 rings (SSSR count). The quantitative estimate of drug-likeness (QED) is 0.684. The Morgan fingerprint density at radius 1 is 1.14 bits per heavy atom. The summed E-state index contributed by atoms with van der Waals surface area (Å²) in [5.41, 5.74) is 2.24. The highest BCUT2D eigenvalue weighted by Gasteiger charge is 2.07. The zero-order chi connectivity index (χ0) is 15.9. The van der Waals surface area contributed by atoms with Crippen molar-refractivity contribution in [3.63, 3.8) is 0 Å². The van der Waals surface area contributed by atoms with Crippen LogP contribution in [0.25, 0.3) is 0 Å². The third-order valence-corrected chi connectivity index (χ3v) is 4.17. The highest BCUT2D eigenvalue weighted by Crippen LogP contribution is 2.31. The molecule has 0 aliphatic rings. The average molecular weight is 363 g/mol. The first-order valence-electron chi connectivity index (χ1n) is 7.25. The summed E-state index contributed by atoms with van der Waals surface area (Å²) < 4.78 is 11.7. The molecule has 0 saturated carbocycles. The van der Waals surface area contributed by atoms with Gasteiger partial charge >= 0.3 is 5.97 Å². The van der Waals surface area contributed by atoms with Crippen LogP contribution in [-0.4, -0.2) is 13.1 Å². The van der Waals surface area contributed by atoms with Gasteiger partial charge < -0.3 is 9.47 Å². The van der Waals surface area contributed by atoms with E-state index in [4.69, 9.17) is 4.74 Å². The molecule has 0 radical (unpaired) electrons. The lowest BCUT2D eigenvalue weighted by molar-refractivity contribution is -0.140. The average Bonchev–Trinajstić information content (AvgIpc) is 2.54. The summed E-state index contributed by atoms with van der Waals surface area (Å²) in [6.45, 7) is 2.10. The number of ether oxygens (including phenoxy) is 2. The molecule has 0 spiro atoms. The number of halogens is 1. The van der Waals surface area contributed by atoms with Crippen molar-refractivity contribution in [3.05, 3.63) is 58.1 Å². The fourth-order valence-corrected chi connectivity index (χ4v) is 2.81. The molecule has 0 heterocycles. The number of methoxy groups -OCH3 is 1. The first-order valence-corrected chi connectivity index (χ1v) is 8.04. The smallest absolute Gasteiger partial charge is 0.305 e. The zero-order valence-electron chi connectivity index (χ0n) is 12.8. The monoisotopic (exact) mass is 362 g/mol. The van der Waals surface area contributed by atoms with Crippen molar-refractivity contribution >= 4 is 21.9 Å². The van der Waals surface area contributed by atoms with Crippen molar-refractivity contribution in [3.8, 4) is 11.5 Å². The summed E-state index contributed by atoms with van der Waals surface area (Å²) in [6.07, 6.45) is 1.96. The maximum atomic E-state index is 11.1. The molecule has 0 aromatic heterocycles.